The van der Waals surface area contributed by atoms with E-state index in [2.05, 4.69) is 4.74 Å². The molecule has 4 aliphatic rings. The van der Waals surface area contributed by atoms with Crippen LogP contribution in [0.25, 0.3) is 0 Å². The molecule has 0 heterocycles. The van der Waals surface area contributed by atoms with Gasteiger partial charge < -0.3 is 14.4 Å². The molecule has 4 fully saturated rings. The summed E-state index contributed by atoms with van der Waals surface area (Å²) in [4.78, 5) is 24.1. The minimum atomic E-state index is -5.93. The molecule has 0 saturated heterocycles. The average Bonchev–Trinajstić information content (AvgIpc) is 2.42. The van der Waals surface area contributed by atoms with Gasteiger partial charge in [-0.3, -0.25) is 9.59 Å². The molecule has 0 aromatic rings. The molecule has 4 aliphatic carbocycles. The summed E-state index contributed by atoms with van der Waals surface area (Å²) in [5.41, 5.74) is -2.22. The SMILES string of the molecule is O=C(O)[C@]12C[C@H]3C[C@@H](C1)C[C@](C(=O)OCC(F)(F)S(=O)(=O)[O-])(C3)C2.[Na+]. The molecule has 0 unspecified atom stereocenters. The molecule has 0 spiro atoms. The number of carbonyl (C=O) groups excluding carboxylic acids is 1. The number of rotatable bonds is 5. The Labute approximate surface area is 165 Å². The van der Waals surface area contributed by atoms with Crippen molar-refractivity contribution < 1.29 is 70.7 Å². The Bertz CT molecular complexity index is 679. The Morgan fingerprint density at radius 2 is 1.64 bits per heavy atom. The van der Waals surface area contributed by atoms with Gasteiger partial charge in [0.25, 0.3) is 0 Å². The first-order chi connectivity index (χ1) is 10.9. The van der Waals surface area contributed by atoms with E-state index in [1.807, 2.05) is 0 Å². The second kappa shape index (κ2) is 6.40. The number of carboxylic acid groups (broad SMARTS) is 1. The van der Waals surface area contributed by atoms with Crippen LogP contribution >= 0.6 is 0 Å². The minimum Gasteiger partial charge on any atom is -0.743 e. The van der Waals surface area contributed by atoms with Crippen LogP contribution < -0.4 is 29.6 Å². The molecule has 0 aliphatic heterocycles. The standard InChI is InChI=1S/C14H18F2O7S.Na/c15-14(16,24(20,21)22)7-23-11(19)13-4-8-1-9(5-13)3-12(2-8,6-13)10(17)18;/h8-9H,1-7H2,(H,17,18)(H,20,21,22);/q;+1/p-1/t8-,9+,12-,13-;. The first-order valence-corrected chi connectivity index (χ1v) is 9.04. The Morgan fingerprint density at radius 3 is 2.08 bits per heavy atom. The van der Waals surface area contributed by atoms with Crippen molar-refractivity contribution in [2.45, 2.75) is 43.8 Å². The van der Waals surface area contributed by atoms with Crippen LogP contribution in [-0.2, 0) is 24.4 Å². The number of hydrogen-bond acceptors (Lipinski definition) is 6. The van der Waals surface area contributed by atoms with Crippen molar-refractivity contribution in [1.82, 2.24) is 0 Å². The maximum Gasteiger partial charge on any atom is 1.00 e. The molecule has 136 valence electrons. The molecule has 25 heavy (non-hydrogen) atoms. The van der Waals surface area contributed by atoms with Crippen LogP contribution in [0.4, 0.5) is 8.78 Å². The maximum atomic E-state index is 13.2. The fraction of sp³-hybridized carbons (Fsp3) is 0.857. The monoisotopic (exact) mass is 390 g/mol. The number of carbonyl (C=O) groups is 2. The van der Waals surface area contributed by atoms with E-state index >= 15 is 0 Å². The topological polar surface area (TPSA) is 121 Å². The molecule has 4 saturated carbocycles. The molecule has 0 amide bonds. The number of esters is 1. The maximum absolute atomic E-state index is 13.2. The fourth-order valence-electron chi connectivity index (χ4n) is 5.13. The molecule has 0 radical (unpaired) electrons. The summed E-state index contributed by atoms with van der Waals surface area (Å²) >= 11 is 0. The Kier molecular flexibility index (Phi) is 5.38. The van der Waals surface area contributed by atoms with Crippen molar-refractivity contribution in [2.75, 3.05) is 6.61 Å². The fourth-order valence-corrected chi connectivity index (χ4v) is 5.33. The van der Waals surface area contributed by atoms with Crippen molar-refractivity contribution in [3.8, 4) is 0 Å². The van der Waals surface area contributed by atoms with Gasteiger partial charge >= 0.3 is 46.8 Å². The number of carboxylic acids is 1. The zero-order valence-electron chi connectivity index (χ0n) is 13.7. The summed E-state index contributed by atoms with van der Waals surface area (Å²) < 4.78 is 62.3. The van der Waals surface area contributed by atoms with Crippen LogP contribution in [0, 0.1) is 22.7 Å². The van der Waals surface area contributed by atoms with Crippen LogP contribution in [0.3, 0.4) is 0 Å². The Morgan fingerprint density at radius 1 is 1.16 bits per heavy atom. The van der Waals surface area contributed by atoms with Gasteiger partial charge in [0.15, 0.2) is 16.7 Å². The van der Waals surface area contributed by atoms with Crippen molar-refractivity contribution in [1.29, 1.82) is 0 Å². The molecule has 0 aromatic heterocycles. The van der Waals surface area contributed by atoms with E-state index in [-0.39, 0.29) is 47.8 Å². The van der Waals surface area contributed by atoms with E-state index in [1.54, 1.807) is 0 Å². The van der Waals surface area contributed by atoms with Gasteiger partial charge in [0, 0.05) is 0 Å². The molecule has 0 aromatic carbocycles. The number of hydrogen-bond donors (Lipinski definition) is 1. The minimum absolute atomic E-state index is 0. The third kappa shape index (κ3) is 3.47. The van der Waals surface area contributed by atoms with E-state index in [1.165, 1.54) is 0 Å². The number of halogens is 2. The largest absolute Gasteiger partial charge is 1.00 e. The summed E-state index contributed by atoms with van der Waals surface area (Å²) in [7, 11) is -5.93. The molecule has 7 nitrogen and oxygen atoms in total. The molecular weight excluding hydrogens is 373 g/mol. The summed E-state index contributed by atoms with van der Waals surface area (Å²) in [6, 6.07) is 0. The van der Waals surface area contributed by atoms with E-state index in [9.17, 15) is 36.4 Å². The van der Waals surface area contributed by atoms with Crippen molar-refractivity contribution >= 4 is 22.1 Å². The summed E-state index contributed by atoms with van der Waals surface area (Å²) in [6.45, 7) is -1.84. The third-order valence-electron chi connectivity index (χ3n) is 5.68. The van der Waals surface area contributed by atoms with E-state index in [4.69, 9.17) is 0 Å². The Hall–Kier alpha value is -0.290. The van der Waals surface area contributed by atoms with Crippen molar-refractivity contribution in [3.05, 3.63) is 0 Å². The predicted molar refractivity (Wildman–Crippen MR) is 72.8 cm³/mol. The van der Waals surface area contributed by atoms with Gasteiger partial charge in [0.05, 0.1) is 10.8 Å². The molecule has 1 N–H and O–H groups in total. The van der Waals surface area contributed by atoms with E-state index in [0.717, 1.165) is 6.42 Å². The Balaban J connectivity index is 0.00000225. The molecule has 4 atom stereocenters. The van der Waals surface area contributed by atoms with Crippen LogP contribution in [0.2, 0.25) is 0 Å². The first kappa shape index (κ1) is 21.0. The second-order valence-electron chi connectivity index (χ2n) is 7.49. The molecular formula is C14H17F2NaO7S. The van der Waals surface area contributed by atoms with Gasteiger partial charge in [0.1, 0.15) is 0 Å². The summed E-state index contributed by atoms with van der Waals surface area (Å²) in [5.74, 6) is -2.00. The van der Waals surface area contributed by atoms with Crippen molar-refractivity contribution in [3.63, 3.8) is 0 Å². The van der Waals surface area contributed by atoms with Gasteiger partial charge in [-0.25, -0.2) is 8.42 Å². The summed E-state index contributed by atoms with van der Waals surface area (Å²) in [5, 5.41) is 4.85. The van der Waals surface area contributed by atoms with Crippen LogP contribution in [0.15, 0.2) is 0 Å². The number of alkyl halides is 2. The molecule has 4 rings (SSSR count). The zero-order chi connectivity index (χ0) is 18.0. The first-order valence-electron chi connectivity index (χ1n) is 7.63. The quantitative estimate of drug-likeness (QED) is 0.339. The number of ether oxygens (including phenoxy) is 1. The van der Waals surface area contributed by atoms with Gasteiger partial charge in [-0.1, -0.05) is 0 Å². The third-order valence-corrected chi connectivity index (χ3v) is 6.53. The molecule has 4 bridgehead atoms. The summed E-state index contributed by atoms with van der Waals surface area (Å²) in [6.07, 6.45) is 2.43. The zero-order valence-corrected chi connectivity index (χ0v) is 16.5. The van der Waals surface area contributed by atoms with Gasteiger partial charge in [-0.05, 0) is 50.4 Å². The van der Waals surface area contributed by atoms with Gasteiger partial charge in [-0.15, -0.1) is 0 Å². The molecule has 11 heteroatoms. The van der Waals surface area contributed by atoms with Crippen LogP contribution in [-0.4, -0.2) is 41.9 Å². The number of aliphatic carboxylic acids is 1. The predicted octanol–water partition coefficient (Wildman–Crippen LogP) is -1.66. The smallest absolute Gasteiger partial charge is 0.743 e. The van der Waals surface area contributed by atoms with Crippen molar-refractivity contribution in [2.24, 2.45) is 22.7 Å². The van der Waals surface area contributed by atoms with E-state index in [0.29, 0.717) is 25.7 Å². The van der Waals surface area contributed by atoms with Crippen LogP contribution in [0.1, 0.15) is 38.5 Å². The van der Waals surface area contributed by atoms with Gasteiger partial charge in [0.2, 0.25) is 0 Å². The average molecular weight is 390 g/mol. The van der Waals surface area contributed by atoms with Gasteiger partial charge in [-0.2, -0.15) is 8.78 Å². The second-order valence-corrected chi connectivity index (χ2v) is 9.00. The normalized spacial score (nSPS) is 36.6. The van der Waals surface area contributed by atoms with Crippen LogP contribution in [0.5, 0.6) is 0 Å². The van der Waals surface area contributed by atoms with E-state index < -0.39 is 44.7 Å².